The molecule has 2 N–H and O–H groups in total. The molecule has 4 heteroatoms. The van der Waals surface area contributed by atoms with Crippen LogP contribution in [0.3, 0.4) is 0 Å². The third-order valence-corrected chi connectivity index (χ3v) is 2.87. The predicted octanol–water partition coefficient (Wildman–Crippen LogP) is 2.98. The smallest absolute Gasteiger partial charge is 0.244 e. The van der Waals surface area contributed by atoms with Crippen molar-refractivity contribution in [2.75, 3.05) is 11.9 Å². The van der Waals surface area contributed by atoms with E-state index in [0.29, 0.717) is 5.02 Å². The Morgan fingerprint density at radius 1 is 1.41 bits per heavy atom. The van der Waals surface area contributed by atoms with E-state index in [2.05, 4.69) is 10.6 Å². The number of likely N-dealkylation sites (N-methyl/N-ethyl adjacent to an activating group) is 1. The number of amides is 1. The summed E-state index contributed by atoms with van der Waals surface area (Å²) >= 11 is 5.91. The number of carbonyl (C=O) groups excluding carboxylic acids is 1. The molecule has 0 radical (unpaired) electrons. The van der Waals surface area contributed by atoms with Gasteiger partial charge in [0, 0.05) is 10.7 Å². The van der Waals surface area contributed by atoms with E-state index in [1.807, 2.05) is 39.8 Å². The molecule has 0 saturated carbocycles. The van der Waals surface area contributed by atoms with Crippen LogP contribution >= 0.6 is 11.6 Å². The molecule has 1 rings (SSSR count). The Morgan fingerprint density at radius 2 is 2.06 bits per heavy atom. The van der Waals surface area contributed by atoms with Crippen molar-refractivity contribution in [2.45, 2.75) is 33.2 Å². The van der Waals surface area contributed by atoms with Crippen molar-refractivity contribution in [1.29, 1.82) is 0 Å². The van der Waals surface area contributed by atoms with E-state index in [-0.39, 0.29) is 5.91 Å². The number of hydrogen-bond donors (Lipinski definition) is 2. The number of aryl methyl sites for hydroxylation is 1. The number of halogens is 1. The second kappa shape index (κ2) is 5.52. The van der Waals surface area contributed by atoms with Gasteiger partial charge in [0.25, 0.3) is 0 Å². The van der Waals surface area contributed by atoms with E-state index in [1.54, 1.807) is 6.07 Å². The highest BCUT2D eigenvalue weighted by molar-refractivity contribution is 6.31. The van der Waals surface area contributed by atoms with Gasteiger partial charge in [-0.05, 0) is 45.0 Å². The van der Waals surface area contributed by atoms with Crippen molar-refractivity contribution in [2.24, 2.45) is 0 Å². The number of benzene rings is 1. The Labute approximate surface area is 108 Å². The molecule has 0 spiro atoms. The SMILES string of the molecule is CCNC(C)(C)C(=O)Nc1cc(Cl)ccc1C. The van der Waals surface area contributed by atoms with Gasteiger partial charge in [0.15, 0.2) is 0 Å². The Kier molecular flexibility index (Phi) is 4.54. The fourth-order valence-corrected chi connectivity index (χ4v) is 1.70. The lowest BCUT2D eigenvalue weighted by Crippen LogP contribution is -2.49. The van der Waals surface area contributed by atoms with Crippen LogP contribution in [-0.2, 0) is 4.79 Å². The predicted molar refractivity (Wildman–Crippen MR) is 72.6 cm³/mol. The quantitative estimate of drug-likeness (QED) is 0.867. The third-order valence-electron chi connectivity index (χ3n) is 2.63. The first-order valence-corrected chi connectivity index (χ1v) is 6.07. The zero-order valence-corrected chi connectivity index (χ0v) is 11.5. The molecule has 1 aromatic rings. The van der Waals surface area contributed by atoms with E-state index >= 15 is 0 Å². The molecule has 94 valence electrons. The van der Waals surface area contributed by atoms with Crippen LogP contribution in [0.25, 0.3) is 0 Å². The zero-order chi connectivity index (χ0) is 13.1. The summed E-state index contributed by atoms with van der Waals surface area (Å²) in [4.78, 5) is 12.1. The van der Waals surface area contributed by atoms with Crippen LogP contribution in [0.2, 0.25) is 5.02 Å². The maximum atomic E-state index is 12.1. The van der Waals surface area contributed by atoms with Crippen molar-refractivity contribution >= 4 is 23.2 Å². The molecule has 1 amide bonds. The standard InChI is InChI=1S/C13H19ClN2O/c1-5-15-13(3,4)12(17)16-11-8-10(14)7-6-9(11)2/h6-8,15H,5H2,1-4H3,(H,16,17). The van der Waals surface area contributed by atoms with Crippen molar-refractivity contribution in [1.82, 2.24) is 5.32 Å². The second-order valence-corrected chi connectivity index (χ2v) is 5.01. The first-order valence-electron chi connectivity index (χ1n) is 5.69. The minimum atomic E-state index is -0.594. The van der Waals surface area contributed by atoms with Gasteiger partial charge in [0.2, 0.25) is 5.91 Å². The fraction of sp³-hybridized carbons (Fsp3) is 0.462. The lowest BCUT2D eigenvalue weighted by Gasteiger charge is -2.25. The van der Waals surface area contributed by atoms with Crippen LogP contribution in [0.4, 0.5) is 5.69 Å². The Balaban J connectivity index is 2.84. The topological polar surface area (TPSA) is 41.1 Å². The average Bonchev–Trinajstić information content (AvgIpc) is 2.23. The molecule has 0 aliphatic carbocycles. The molecule has 0 heterocycles. The van der Waals surface area contributed by atoms with Gasteiger partial charge in [0.05, 0.1) is 5.54 Å². The summed E-state index contributed by atoms with van der Waals surface area (Å²) in [6.07, 6.45) is 0. The average molecular weight is 255 g/mol. The molecular weight excluding hydrogens is 236 g/mol. The van der Waals surface area contributed by atoms with Crippen LogP contribution < -0.4 is 10.6 Å². The van der Waals surface area contributed by atoms with Crippen LogP contribution in [0, 0.1) is 6.92 Å². The first-order chi connectivity index (χ1) is 7.86. The molecule has 0 saturated heterocycles. The minimum Gasteiger partial charge on any atom is -0.324 e. The monoisotopic (exact) mass is 254 g/mol. The molecule has 0 aliphatic heterocycles. The number of nitrogens with one attached hydrogen (secondary N) is 2. The number of hydrogen-bond acceptors (Lipinski definition) is 2. The number of anilines is 1. The van der Waals surface area contributed by atoms with Crippen LogP contribution in [-0.4, -0.2) is 18.0 Å². The maximum absolute atomic E-state index is 12.1. The number of rotatable bonds is 4. The highest BCUT2D eigenvalue weighted by Gasteiger charge is 2.26. The van der Waals surface area contributed by atoms with Crippen LogP contribution in [0.5, 0.6) is 0 Å². The summed E-state index contributed by atoms with van der Waals surface area (Å²) in [5.41, 5.74) is 1.16. The van der Waals surface area contributed by atoms with Gasteiger partial charge < -0.3 is 10.6 Å². The molecule has 0 atom stereocenters. The van der Waals surface area contributed by atoms with Gasteiger partial charge in [-0.25, -0.2) is 0 Å². The minimum absolute atomic E-state index is 0.0651. The largest absolute Gasteiger partial charge is 0.324 e. The first kappa shape index (κ1) is 14.0. The van der Waals surface area contributed by atoms with Gasteiger partial charge >= 0.3 is 0 Å². The van der Waals surface area contributed by atoms with Gasteiger partial charge in [-0.15, -0.1) is 0 Å². The van der Waals surface area contributed by atoms with E-state index in [1.165, 1.54) is 0 Å². The summed E-state index contributed by atoms with van der Waals surface area (Å²) in [6, 6.07) is 5.46. The molecule has 0 fully saturated rings. The van der Waals surface area contributed by atoms with E-state index < -0.39 is 5.54 Å². The molecule has 1 aromatic carbocycles. The van der Waals surface area contributed by atoms with Crippen molar-refractivity contribution in [3.05, 3.63) is 28.8 Å². The van der Waals surface area contributed by atoms with Gasteiger partial charge in [-0.2, -0.15) is 0 Å². The normalized spacial score (nSPS) is 11.4. The zero-order valence-electron chi connectivity index (χ0n) is 10.7. The van der Waals surface area contributed by atoms with E-state index in [4.69, 9.17) is 11.6 Å². The second-order valence-electron chi connectivity index (χ2n) is 4.57. The Hall–Kier alpha value is -1.06. The lowest BCUT2D eigenvalue weighted by molar-refractivity contribution is -0.121. The van der Waals surface area contributed by atoms with Crippen molar-refractivity contribution in [3.63, 3.8) is 0 Å². The van der Waals surface area contributed by atoms with Crippen molar-refractivity contribution in [3.8, 4) is 0 Å². The summed E-state index contributed by atoms with van der Waals surface area (Å²) in [5, 5.41) is 6.64. The number of carbonyl (C=O) groups is 1. The van der Waals surface area contributed by atoms with E-state index in [0.717, 1.165) is 17.8 Å². The molecule has 17 heavy (non-hydrogen) atoms. The van der Waals surface area contributed by atoms with Gasteiger partial charge in [0.1, 0.15) is 0 Å². The molecule has 0 unspecified atom stereocenters. The van der Waals surface area contributed by atoms with E-state index in [9.17, 15) is 4.79 Å². The molecule has 0 bridgehead atoms. The Morgan fingerprint density at radius 3 is 2.65 bits per heavy atom. The van der Waals surface area contributed by atoms with Crippen LogP contribution in [0.1, 0.15) is 26.3 Å². The summed E-state index contributed by atoms with van der Waals surface area (Å²) < 4.78 is 0. The third kappa shape index (κ3) is 3.72. The summed E-state index contributed by atoms with van der Waals surface area (Å²) in [5.74, 6) is -0.0651. The highest BCUT2D eigenvalue weighted by atomic mass is 35.5. The lowest BCUT2D eigenvalue weighted by atomic mass is 10.0. The van der Waals surface area contributed by atoms with Gasteiger partial charge in [-0.3, -0.25) is 4.79 Å². The maximum Gasteiger partial charge on any atom is 0.244 e. The molecule has 0 aliphatic rings. The molecular formula is C13H19ClN2O. The Bertz CT molecular complexity index is 416. The fourth-order valence-electron chi connectivity index (χ4n) is 1.53. The molecule has 0 aromatic heterocycles. The highest BCUT2D eigenvalue weighted by Crippen LogP contribution is 2.21. The summed E-state index contributed by atoms with van der Waals surface area (Å²) in [6.45, 7) is 8.36. The van der Waals surface area contributed by atoms with Crippen LogP contribution in [0.15, 0.2) is 18.2 Å². The van der Waals surface area contributed by atoms with Gasteiger partial charge in [-0.1, -0.05) is 24.6 Å². The summed E-state index contributed by atoms with van der Waals surface area (Å²) in [7, 11) is 0. The van der Waals surface area contributed by atoms with Crippen molar-refractivity contribution < 1.29 is 4.79 Å². The molecule has 3 nitrogen and oxygen atoms in total.